The molecule has 2 aliphatic carbocycles. The second-order valence-electron chi connectivity index (χ2n) is 6.97. The zero-order valence-electron chi connectivity index (χ0n) is 16.0. The lowest BCUT2D eigenvalue weighted by Gasteiger charge is -2.27. The van der Waals surface area contributed by atoms with Crippen molar-refractivity contribution in [2.75, 3.05) is 19.6 Å². The summed E-state index contributed by atoms with van der Waals surface area (Å²) in [6, 6.07) is 8.12. The van der Waals surface area contributed by atoms with E-state index in [1.165, 1.54) is 6.42 Å². The molecule has 2 fully saturated rings. The van der Waals surface area contributed by atoms with Gasteiger partial charge in [0.15, 0.2) is 5.96 Å². The van der Waals surface area contributed by atoms with Crippen molar-refractivity contribution in [3.05, 3.63) is 29.8 Å². The van der Waals surface area contributed by atoms with E-state index in [2.05, 4.69) is 27.0 Å². The van der Waals surface area contributed by atoms with Gasteiger partial charge in [-0.3, -0.25) is 4.79 Å². The van der Waals surface area contributed by atoms with E-state index < -0.39 is 0 Å². The van der Waals surface area contributed by atoms with E-state index in [-0.39, 0.29) is 35.8 Å². The van der Waals surface area contributed by atoms with E-state index in [4.69, 9.17) is 4.74 Å². The molecule has 2 aliphatic rings. The first kappa shape index (κ1) is 21.8. The monoisotopic (exact) mass is 486 g/mol. The number of halogens is 1. The average molecular weight is 486 g/mol. The fourth-order valence-electron chi connectivity index (χ4n) is 2.78. The summed E-state index contributed by atoms with van der Waals surface area (Å²) in [6.07, 6.45) is 5.98. The number of amides is 1. The number of rotatable bonds is 9. The van der Waals surface area contributed by atoms with Crippen molar-refractivity contribution in [3.8, 4) is 5.75 Å². The Labute approximate surface area is 178 Å². The highest BCUT2D eigenvalue weighted by atomic mass is 127. The molecule has 3 rings (SSSR count). The van der Waals surface area contributed by atoms with Gasteiger partial charge in [0.25, 0.3) is 0 Å². The van der Waals surface area contributed by atoms with Gasteiger partial charge in [-0.15, -0.1) is 24.0 Å². The van der Waals surface area contributed by atoms with Gasteiger partial charge in [0.05, 0.1) is 12.6 Å². The molecule has 150 valence electrons. The van der Waals surface area contributed by atoms with Gasteiger partial charge in [0.2, 0.25) is 5.91 Å². The Morgan fingerprint density at radius 3 is 2.52 bits per heavy atom. The van der Waals surface area contributed by atoms with Crippen LogP contribution in [0.5, 0.6) is 5.75 Å². The second-order valence-corrected chi connectivity index (χ2v) is 6.97. The minimum atomic E-state index is 0. The first-order valence-electron chi connectivity index (χ1n) is 9.80. The SMILES string of the molecule is CCNC(=NCc1ccccc1OC1CCC1)NCCNC(=O)C1CC1.I. The number of guanidine groups is 1. The molecule has 0 spiro atoms. The number of nitrogens with one attached hydrogen (secondary N) is 3. The van der Waals surface area contributed by atoms with Gasteiger partial charge in [0.1, 0.15) is 5.75 Å². The predicted octanol–water partition coefficient (Wildman–Crippen LogP) is 2.82. The fraction of sp³-hybridized carbons (Fsp3) is 0.600. The zero-order valence-corrected chi connectivity index (χ0v) is 18.3. The lowest BCUT2D eigenvalue weighted by atomic mass is 9.96. The Hall–Kier alpha value is -1.51. The lowest BCUT2D eigenvalue weighted by molar-refractivity contribution is -0.122. The van der Waals surface area contributed by atoms with Gasteiger partial charge in [-0.05, 0) is 45.1 Å². The Morgan fingerprint density at radius 2 is 1.85 bits per heavy atom. The number of para-hydroxylation sites is 1. The van der Waals surface area contributed by atoms with Gasteiger partial charge >= 0.3 is 0 Å². The van der Waals surface area contributed by atoms with Gasteiger partial charge in [-0.1, -0.05) is 18.2 Å². The van der Waals surface area contributed by atoms with Crippen molar-refractivity contribution < 1.29 is 9.53 Å². The first-order valence-corrected chi connectivity index (χ1v) is 9.80. The summed E-state index contributed by atoms with van der Waals surface area (Å²) in [5.41, 5.74) is 1.10. The molecule has 1 aromatic rings. The van der Waals surface area contributed by atoms with Crippen LogP contribution in [0.25, 0.3) is 0 Å². The average Bonchev–Trinajstić information content (AvgIpc) is 3.45. The van der Waals surface area contributed by atoms with Crippen LogP contribution in [0.3, 0.4) is 0 Å². The molecule has 0 unspecified atom stereocenters. The minimum absolute atomic E-state index is 0. The van der Waals surface area contributed by atoms with Crippen molar-refractivity contribution >= 4 is 35.8 Å². The van der Waals surface area contributed by atoms with Crippen LogP contribution in [0, 0.1) is 5.92 Å². The van der Waals surface area contributed by atoms with Crippen molar-refractivity contribution in [1.82, 2.24) is 16.0 Å². The third kappa shape index (κ3) is 7.20. The Morgan fingerprint density at radius 1 is 1.11 bits per heavy atom. The molecule has 0 atom stereocenters. The molecule has 7 heteroatoms. The van der Waals surface area contributed by atoms with Crippen molar-refractivity contribution in [2.45, 2.75) is 51.7 Å². The van der Waals surface area contributed by atoms with E-state index in [1.54, 1.807) is 0 Å². The summed E-state index contributed by atoms with van der Waals surface area (Å²) in [7, 11) is 0. The zero-order chi connectivity index (χ0) is 18.2. The van der Waals surface area contributed by atoms with E-state index in [1.807, 2.05) is 25.1 Å². The minimum Gasteiger partial charge on any atom is -0.490 e. The molecule has 3 N–H and O–H groups in total. The molecule has 1 aromatic carbocycles. The molecule has 0 saturated heterocycles. The summed E-state index contributed by atoms with van der Waals surface area (Å²) >= 11 is 0. The van der Waals surface area contributed by atoms with E-state index in [0.717, 1.165) is 49.5 Å². The third-order valence-corrected chi connectivity index (χ3v) is 4.73. The maximum Gasteiger partial charge on any atom is 0.223 e. The first-order chi connectivity index (χ1) is 12.8. The number of aliphatic imine (C=N–C) groups is 1. The Bertz CT molecular complexity index is 630. The van der Waals surface area contributed by atoms with E-state index >= 15 is 0 Å². The lowest BCUT2D eigenvalue weighted by Crippen LogP contribution is -2.41. The van der Waals surface area contributed by atoms with Crippen LogP contribution < -0.4 is 20.7 Å². The van der Waals surface area contributed by atoms with Crippen LogP contribution >= 0.6 is 24.0 Å². The number of ether oxygens (including phenoxy) is 1. The number of benzene rings is 1. The highest BCUT2D eigenvalue weighted by Crippen LogP contribution is 2.29. The highest BCUT2D eigenvalue weighted by molar-refractivity contribution is 14.0. The predicted molar refractivity (Wildman–Crippen MR) is 119 cm³/mol. The number of carbonyl (C=O) groups excluding carboxylic acids is 1. The Balaban J connectivity index is 0.00000261. The molecule has 6 nitrogen and oxygen atoms in total. The van der Waals surface area contributed by atoms with Gasteiger partial charge < -0.3 is 20.7 Å². The van der Waals surface area contributed by atoms with Gasteiger partial charge in [-0.25, -0.2) is 4.99 Å². The number of hydrogen-bond donors (Lipinski definition) is 3. The molecule has 0 aromatic heterocycles. The normalized spacial score (nSPS) is 16.7. The summed E-state index contributed by atoms with van der Waals surface area (Å²) in [5.74, 6) is 2.12. The van der Waals surface area contributed by atoms with Crippen LogP contribution in [0.15, 0.2) is 29.3 Å². The summed E-state index contributed by atoms with van der Waals surface area (Å²) < 4.78 is 6.07. The standard InChI is InChI=1S/C20H30N4O2.HI/c1-2-21-20(23-13-12-22-19(25)15-10-11-15)24-14-16-6-3-4-9-18(16)26-17-7-5-8-17;/h3-4,6,9,15,17H,2,5,7-8,10-14H2,1H3,(H,22,25)(H2,21,23,24);1H. The van der Waals surface area contributed by atoms with Crippen molar-refractivity contribution in [2.24, 2.45) is 10.9 Å². The molecule has 2 saturated carbocycles. The largest absolute Gasteiger partial charge is 0.490 e. The number of nitrogens with zero attached hydrogens (tertiary/aromatic N) is 1. The molecule has 0 aliphatic heterocycles. The summed E-state index contributed by atoms with van der Waals surface area (Å²) in [6.45, 7) is 4.67. The highest BCUT2D eigenvalue weighted by Gasteiger charge is 2.28. The fourth-order valence-corrected chi connectivity index (χ4v) is 2.78. The topological polar surface area (TPSA) is 74.8 Å². The van der Waals surface area contributed by atoms with Crippen molar-refractivity contribution in [1.29, 1.82) is 0 Å². The Kier molecular flexibility index (Phi) is 9.17. The van der Waals surface area contributed by atoms with Crippen LogP contribution in [0.4, 0.5) is 0 Å². The van der Waals surface area contributed by atoms with Crippen LogP contribution in [-0.2, 0) is 11.3 Å². The molecule has 1 amide bonds. The second kappa shape index (κ2) is 11.4. The van der Waals surface area contributed by atoms with Crippen LogP contribution in [0.1, 0.15) is 44.6 Å². The number of hydrogen-bond acceptors (Lipinski definition) is 3. The summed E-state index contributed by atoms with van der Waals surface area (Å²) in [5, 5.41) is 9.47. The molecule has 0 bridgehead atoms. The number of carbonyl (C=O) groups is 1. The quantitative estimate of drug-likeness (QED) is 0.217. The van der Waals surface area contributed by atoms with Gasteiger partial charge in [-0.2, -0.15) is 0 Å². The molecule has 0 radical (unpaired) electrons. The molecular formula is C20H31IN4O2. The van der Waals surface area contributed by atoms with E-state index in [0.29, 0.717) is 25.7 Å². The summed E-state index contributed by atoms with van der Waals surface area (Å²) in [4.78, 5) is 16.3. The van der Waals surface area contributed by atoms with Crippen LogP contribution in [-0.4, -0.2) is 37.6 Å². The molecule has 0 heterocycles. The van der Waals surface area contributed by atoms with Gasteiger partial charge in [0, 0.05) is 31.1 Å². The third-order valence-electron chi connectivity index (χ3n) is 4.73. The smallest absolute Gasteiger partial charge is 0.223 e. The van der Waals surface area contributed by atoms with Crippen LogP contribution in [0.2, 0.25) is 0 Å². The van der Waals surface area contributed by atoms with E-state index in [9.17, 15) is 4.79 Å². The molecule has 27 heavy (non-hydrogen) atoms. The maximum absolute atomic E-state index is 11.6. The maximum atomic E-state index is 11.6. The molecular weight excluding hydrogens is 455 g/mol. The van der Waals surface area contributed by atoms with Crippen molar-refractivity contribution in [3.63, 3.8) is 0 Å².